The minimum atomic E-state index is -0.271. The molecule has 0 aliphatic rings. The molecule has 0 saturated heterocycles. The Morgan fingerprint density at radius 2 is 2.21 bits per heavy atom. The summed E-state index contributed by atoms with van der Waals surface area (Å²) >= 11 is 5.80. The summed E-state index contributed by atoms with van der Waals surface area (Å²) in [5, 5.41) is 0.0700. The lowest BCUT2D eigenvalue weighted by molar-refractivity contribution is 0.384. The zero-order valence-electron chi connectivity index (χ0n) is 8.39. The Morgan fingerprint density at radius 3 is 2.79 bits per heavy atom. The van der Waals surface area contributed by atoms with Crippen molar-refractivity contribution in [3.05, 3.63) is 29.6 Å². The van der Waals surface area contributed by atoms with E-state index in [1.54, 1.807) is 18.2 Å². The van der Waals surface area contributed by atoms with Crippen molar-refractivity contribution in [1.82, 2.24) is 0 Å². The van der Waals surface area contributed by atoms with Crippen LogP contribution in [0.4, 0.5) is 4.39 Å². The Hall–Kier alpha value is -0.760. The maximum Gasteiger partial charge on any atom is 0.168 e. The maximum absolute atomic E-state index is 13.6. The van der Waals surface area contributed by atoms with E-state index in [0.717, 1.165) is 6.42 Å². The lowest BCUT2D eigenvalue weighted by Gasteiger charge is -2.07. The molecule has 1 nitrogen and oxygen atoms in total. The van der Waals surface area contributed by atoms with Crippen LogP contribution in [0.15, 0.2) is 18.2 Å². The van der Waals surface area contributed by atoms with Crippen molar-refractivity contribution in [2.45, 2.75) is 25.1 Å². The molecule has 0 aliphatic carbocycles. The standard InChI is InChI=1S/C11H14ClFO/c1-8(12)6-7-9-4-3-5-10(14-2)11(9)13/h3-5,8H,6-7H2,1-2H3. The Balaban J connectivity index is 2.76. The van der Waals surface area contributed by atoms with E-state index < -0.39 is 0 Å². The van der Waals surface area contributed by atoms with E-state index in [0.29, 0.717) is 17.7 Å². The van der Waals surface area contributed by atoms with Gasteiger partial charge in [-0.05, 0) is 31.4 Å². The molecule has 0 fully saturated rings. The molecule has 0 bridgehead atoms. The highest BCUT2D eigenvalue weighted by Gasteiger charge is 2.08. The van der Waals surface area contributed by atoms with Crippen LogP contribution in [0.2, 0.25) is 0 Å². The van der Waals surface area contributed by atoms with Gasteiger partial charge in [0, 0.05) is 5.38 Å². The summed E-state index contributed by atoms with van der Waals surface area (Å²) in [6, 6.07) is 5.16. The molecule has 0 radical (unpaired) electrons. The second-order valence-electron chi connectivity index (χ2n) is 3.25. The Morgan fingerprint density at radius 1 is 1.50 bits per heavy atom. The summed E-state index contributed by atoms with van der Waals surface area (Å²) in [6.45, 7) is 1.90. The van der Waals surface area contributed by atoms with Crippen LogP contribution in [0.3, 0.4) is 0 Å². The van der Waals surface area contributed by atoms with Gasteiger partial charge in [-0.1, -0.05) is 12.1 Å². The van der Waals surface area contributed by atoms with Crippen molar-refractivity contribution >= 4 is 11.6 Å². The number of hydrogen-bond acceptors (Lipinski definition) is 1. The zero-order valence-corrected chi connectivity index (χ0v) is 9.14. The number of halogens is 2. The van der Waals surface area contributed by atoms with Crippen molar-refractivity contribution in [3.63, 3.8) is 0 Å². The monoisotopic (exact) mass is 216 g/mol. The molecule has 3 heteroatoms. The lowest BCUT2D eigenvalue weighted by Crippen LogP contribution is -1.99. The van der Waals surface area contributed by atoms with Crippen LogP contribution in [0.25, 0.3) is 0 Å². The van der Waals surface area contributed by atoms with Gasteiger partial charge in [0.25, 0.3) is 0 Å². The van der Waals surface area contributed by atoms with Gasteiger partial charge in [-0.2, -0.15) is 0 Å². The molecule has 78 valence electrons. The molecular formula is C11H14ClFO. The van der Waals surface area contributed by atoms with Crippen LogP contribution in [0.5, 0.6) is 5.75 Å². The lowest BCUT2D eigenvalue weighted by atomic mass is 10.1. The van der Waals surface area contributed by atoms with Crippen molar-refractivity contribution in [3.8, 4) is 5.75 Å². The van der Waals surface area contributed by atoms with Crippen molar-refractivity contribution in [1.29, 1.82) is 0 Å². The van der Waals surface area contributed by atoms with Crippen LogP contribution in [0, 0.1) is 5.82 Å². The third-order valence-corrected chi connectivity index (χ3v) is 2.29. The van der Waals surface area contributed by atoms with E-state index in [4.69, 9.17) is 16.3 Å². The fourth-order valence-electron chi connectivity index (χ4n) is 1.26. The predicted molar refractivity (Wildman–Crippen MR) is 56.6 cm³/mol. The average Bonchev–Trinajstić information content (AvgIpc) is 2.16. The second kappa shape index (κ2) is 5.20. The Bertz CT molecular complexity index is 299. The quantitative estimate of drug-likeness (QED) is 0.701. The molecule has 1 aromatic rings. The van der Waals surface area contributed by atoms with Gasteiger partial charge in [0.05, 0.1) is 7.11 Å². The predicted octanol–water partition coefficient (Wildman–Crippen LogP) is 3.39. The number of rotatable bonds is 4. The van der Waals surface area contributed by atoms with Crippen LogP contribution in [-0.4, -0.2) is 12.5 Å². The minimum Gasteiger partial charge on any atom is -0.494 e. The molecule has 1 unspecified atom stereocenters. The van der Waals surface area contributed by atoms with Crippen LogP contribution in [-0.2, 0) is 6.42 Å². The molecule has 0 N–H and O–H groups in total. The van der Waals surface area contributed by atoms with E-state index >= 15 is 0 Å². The van der Waals surface area contributed by atoms with Crippen LogP contribution < -0.4 is 4.74 Å². The first-order valence-electron chi connectivity index (χ1n) is 4.60. The van der Waals surface area contributed by atoms with Gasteiger partial charge in [0.1, 0.15) is 0 Å². The average molecular weight is 217 g/mol. The summed E-state index contributed by atoms with van der Waals surface area (Å²) in [5.74, 6) is 0.0250. The summed E-state index contributed by atoms with van der Waals surface area (Å²) in [6.07, 6.45) is 1.42. The van der Waals surface area contributed by atoms with Gasteiger partial charge in [-0.15, -0.1) is 11.6 Å². The topological polar surface area (TPSA) is 9.23 Å². The third kappa shape index (κ3) is 2.88. The van der Waals surface area contributed by atoms with Gasteiger partial charge in [-0.25, -0.2) is 4.39 Å². The molecular weight excluding hydrogens is 203 g/mol. The molecule has 0 saturated carbocycles. The molecule has 0 amide bonds. The largest absolute Gasteiger partial charge is 0.494 e. The molecule has 1 aromatic carbocycles. The summed E-state index contributed by atoms with van der Waals surface area (Å²) in [4.78, 5) is 0. The van der Waals surface area contributed by atoms with E-state index in [2.05, 4.69) is 0 Å². The summed E-state index contributed by atoms with van der Waals surface area (Å²) in [5.41, 5.74) is 0.664. The van der Waals surface area contributed by atoms with Gasteiger partial charge in [0.2, 0.25) is 0 Å². The molecule has 14 heavy (non-hydrogen) atoms. The fourth-order valence-corrected chi connectivity index (χ4v) is 1.37. The number of aryl methyl sites for hydroxylation is 1. The van der Waals surface area contributed by atoms with Crippen molar-refractivity contribution in [2.24, 2.45) is 0 Å². The van der Waals surface area contributed by atoms with E-state index in [9.17, 15) is 4.39 Å². The number of ether oxygens (including phenoxy) is 1. The number of methoxy groups -OCH3 is 1. The van der Waals surface area contributed by atoms with E-state index in [1.807, 2.05) is 6.92 Å². The van der Waals surface area contributed by atoms with Crippen LogP contribution in [0.1, 0.15) is 18.9 Å². The number of alkyl halides is 1. The molecule has 0 aromatic heterocycles. The molecule has 0 spiro atoms. The maximum atomic E-state index is 13.6. The first-order valence-corrected chi connectivity index (χ1v) is 5.04. The third-order valence-electron chi connectivity index (χ3n) is 2.07. The Kier molecular flexibility index (Phi) is 4.21. The normalized spacial score (nSPS) is 12.6. The zero-order chi connectivity index (χ0) is 10.6. The first kappa shape index (κ1) is 11.3. The second-order valence-corrected chi connectivity index (χ2v) is 4.00. The van der Waals surface area contributed by atoms with Gasteiger partial charge < -0.3 is 4.74 Å². The fraction of sp³-hybridized carbons (Fsp3) is 0.455. The molecule has 1 atom stereocenters. The van der Waals surface area contributed by atoms with Gasteiger partial charge in [0.15, 0.2) is 11.6 Å². The highest BCUT2D eigenvalue weighted by Crippen LogP contribution is 2.21. The van der Waals surface area contributed by atoms with Gasteiger partial charge >= 0.3 is 0 Å². The van der Waals surface area contributed by atoms with Gasteiger partial charge in [-0.3, -0.25) is 0 Å². The number of hydrogen-bond donors (Lipinski definition) is 0. The Labute approximate surface area is 88.8 Å². The summed E-state index contributed by atoms with van der Waals surface area (Å²) in [7, 11) is 1.46. The highest BCUT2D eigenvalue weighted by atomic mass is 35.5. The van der Waals surface area contributed by atoms with Crippen LogP contribution >= 0.6 is 11.6 Å². The highest BCUT2D eigenvalue weighted by molar-refractivity contribution is 6.20. The molecule has 0 heterocycles. The number of benzene rings is 1. The van der Waals surface area contributed by atoms with E-state index in [-0.39, 0.29) is 11.2 Å². The smallest absolute Gasteiger partial charge is 0.168 e. The van der Waals surface area contributed by atoms with E-state index in [1.165, 1.54) is 7.11 Å². The van der Waals surface area contributed by atoms with Crippen molar-refractivity contribution < 1.29 is 9.13 Å². The summed E-state index contributed by atoms with van der Waals surface area (Å²) < 4.78 is 18.4. The SMILES string of the molecule is COc1cccc(CCC(C)Cl)c1F. The molecule has 0 aliphatic heterocycles. The minimum absolute atomic E-state index is 0.0700. The first-order chi connectivity index (χ1) is 6.65. The van der Waals surface area contributed by atoms with Crippen molar-refractivity contribution in [2.75, 3.05) is 7.11 Å². The molecule has 1 rings (SSSR count).